The molecule has 3 fully saturated rings. The number of allylic oxidation sites excluding steroid dienone is 1. The number of benzene rings is 1. The number of methoxy groups -OCH3 is 2. The average molecular weight is 693 g/mol. The van der Waals surface area contributed by atoms with E-state index in [1.165, 1.54) is 21.0 Å². The second-order valence-corrected chi connectivity index (χ2v) is 15.0. The number of furan rings is 1. The van der Waals surface area contributed by atoms with Crippen molar-refractivity contribution in [1.29, 1.82) is 0 Å². The van der Waals surface area contributed by atoms with E-state index < -0.39 is 82.5 Å². The Bertz CT molecular complexity index is 1650. The van der Waals surface area contributed by atoms with Crippen LogP contribution in [0.2, 0.25) is 0 Å². The largest absolute Gasteiger partial charge is 0.472 e. The van der Waals surface area contributed by atoms with Gasteiger partial charge in [-0.2, -0.15) is 0 Å². The molecule has 4 aliphatic rings. The maximum absolute atomic E-state index is 14.1. The molecule has 6 rings (SSSR count). The molecule has 1 saturated heterocycles. The topological polar surface area (TPSA) is 137 Å². The predicted molar refractivity (Wildman–Crippen MR) is 179 cm³/mol. The van der Waals surface area contributed by atoms with Crippen LogP contribution in [0.1, 0.15) is 82.6 Å². The van der Waals surface area contributed by atoms with E-state index >= 15 is 0 Å². The van der Waals surface area contributed by atoms with Crippen LogP contribution in [-0.2, 0) is 42.8 Å². The molecule has 270 valence electrons. The Morgan fingerprint density at radius 2 is 1.58 bits per heavy atom. The molecule has 11 nitrogen and oxygen atoms in total. The van der Waals surface area contributed by atoms with Crippen molar-refractivity contribution >= 4 is 23.9 Å². The molecule has 0 bridgehead atoms. The molecule has 2 heterocycles. The Morgan fingerprint density at radius 3 is 2.18 bits per heavy atom. The first-order chi connectivity index (χ1) is 23.7. The van der Waals surface area contributed by atoms with Crippen molar-refractivity contribution < 1.29 is 52.0 Å². The summed E-state index contributed by atoms with van der Waals surface area (Å²) in [4.78, 5) is 53.1. The van der Waals surface area contributed by atoms with Crippen LogP contribution >= 0.6 is 0 Å². The Kier molecular flexibility index (Phi) is 9.54. The highest BCUT2D eigenvalue weighted by Crippen LogP contribution is 2.72. The zero-order chi connectivity index (χ0) is 36.2. The van der Waals surface area contributed by atoms with E-state index in [1.54, 1.807) is 43.9 Å². The zero-order valence-electron chi connectivity index (χ0n) is 30.1. The third kappa shape index (κ3) is 5.57. The second-order valence-electron chi connectivity index (χ2n) is 15.0. The number of ether oxygens (including phenoxy) is 6. The molecule has 2 saturated carbocycles. The average Bonchev–Trinajstić information content (AvgIpc) is 3.82. The van der Waals surface area contributed by atoms with Gasteiger partial charge in [0.2, 0.25) is 0 Å². The molecule has 1 aliphatic heterocycles. The highest BCUT2D eigenvalue weighted by Gasteiger charge is 2.77. The van der Waals surface area contributed by atoms with Crippen LogP contribution in [0.3, 0.4) is 0 Å². The van der Waals surface area contributed by atoms with Gasteiger partial charge in [0.05, 0.1) is 44.0 Å². The SMILES string of the molecule is COC(=O)CC1C(C)(C2=C(C)C(c3ccoc3)CC2OC)C(OC(=O)c2ccccc2)C2OCC3(C)C(OC(C)=O)CC(OC(C)=O)C1(C)C23. The standard InChI is InChI=1S/C39H48O11/c1-21-26(25-14-15-46-19-25)16-27(44-7)32(21)39(6)28(17-31(42)45-8)38(5)30(49-23(3)41)18-29(48-22(2)40)37(4)20-47-33(34(37)38)35(39)50-36(43)24-12-10-9-11-13-24/h9-15,19,26-30,33-35H,16-18,20H2,1-8H3. The lowest BCUT2D eigenvalue weighted by atomic mass is 9.39. The van der Waals surface area contributed by atoms with Crippen molar-refractivity contribution in [2.75, 3.05) is 20.8 Å². The van der Waals surface area contributed by atoms with Gasteiger partial charge in [0.1, 0.15) is 18.3 Å². The smallest absolute Gasteiger partial charge is 0.338 e. The summed E-state index contributed by atoms with van der Waals surface area (Å²) in [6.07, 6.45) is 0.513. The van der Waals surface area contributed by atoms with Gasteiger partial charge in [-0.3, -0.25) is 14.4 Å². The lowest BCUT2D eigenvalue weighted by Crippen LogP contribution is -2.72. The number of hydrogen-bond donors (Lipinski definition) is 0. The van der Waals surface area contributed by atoms with E-state index in [0.717, 1.165) is 16.7 Å². The van der Waals surface area contributed by atoms with Crippen LogP contribution in [0.15, 0.2) is 64.5 Å². The normalized spacial score (nSPS) is 37.5. The summed E-state index contributed by atoms with van der Waals surface area (Å²) < 4.78 is 42.7. The highest BCUT2D eigenvalue weighted by atomic mass is 16.6. The zero-order valence-corrected chi connectivity index (χ0v) is 30.1. The fourth-order valence-corrected chi connectivity index (χ4v) is 10.5. The maximum atomic E-state index is 14.1. The molecule has 11 heteroatoms. The summed E-state index contributed by atoms with van der Waals surface area (Å²) in [6, 6.07) is 10.7. The van der Waals surface area contributed by atoms with Gasteiger partial charge in [0.25, 0.3) is 0 Å². The van der Waals surface area contributed by atoms with E-state index in [2.05, 4.69) is 6.92 Å². The summed E-state index contributed by atoms with van der Waals surface area (Å²) >= 11 is 0. The molecule has 0 amide bonds. The summed E-state index contributed by atoms with van der Waals surface area (Å²) in [5.41, 5.74) is 0.391. The molecule has 11 unspecified atom stereocenters. The lowest BCUT2D eigenvalue weighted by molar-refractivity contribution is -0.256. The molecule has 3 aliphatic carbocycles. The van der Waals surface area contributed by atoms with Crippen molar-refractivity contribution in [3.05, 3.63) is 71.2 Å². The first kappa shape index (κ1) is 35.9. The third-order valence-electron chi connectivity index (χ3n) is 12.5. The van der Waals surface area contributed by atoms with Gasteiger partial charge in [0, 0.05) is 61.9 Å². The van der Waals surface area contributed by atoms with Gasteiger partial charge < -0.3 is 32.8 Å². The number of carbonyl (C=O) groups is 4. The molecular weight excluding hydrogens is 644 g/mol. The quantitative estimate of drug-likeness (QED) is 0.179. The number of carbonyl (C=O) groups excluding carboxylic acids is 4. The maximum Gasteiger partial charge on any atom is 0.338 e. The Balaban J connectivity index is 1.63. The molecule has 0 radical (unpaired) electrons. The minimum absolute atomic E-state index is 0.0703. The van der Waals surface area contributed by atoms with Crippen molar-refractivity contribution in [1.82, 2.24) is 0 Å². The molecule has 0 N–H and O–H groups in total. The minimum Gasteiger partial charge on any atom is -0.472 e. The van der Waals surface area contributed by atoms with Gasteiger partial charge >= 0.3 is 23.9 Å². The highest BCUT2D eigenvalue weighted by molar-refractivity contribution is 5.89. The van der Waals surface area contributed by atoms with Crippen molar-refractivity contribution in [3.8, 4) is 0 Å². The number of esters is 4. The fourth-order valence-electron chi connectivity index (χ4n) is 10.5. The molecule has 11 atom stereocenters. The molecule has 0 spiro atoms. The molecule has 2 aromatic rings. The van der Waals surface area contributed by atoms with E-state index in [1.807, 2.05) is 32.9 Å². The molecular formula is C39H48O11. The van der Waals surface area contributed by atoms with Gasteiger partial charge in [-0.05, 0) is 48.6 Å². The van der Waals surface area contributed by atoms with Crippen LogP contribution in [0.5, 0.6) is 0 Å². The van der Waals surface area contributed by atoms with Crippen LogP contribution in [0, 0.1) is 28.1 Å². The van der Waals surface area contributed by atoms with Crippen LogP contribution in [0.25, 0.3) is 0 Å². The van der Waals surface area contributed by atoms with Crippen molar-refractivity contribution in [2.45, 2.75) is 97.2 Å². The Labute approximate surface area is 292 Å². The van der Waals surface area contributed by atoms with E-state index in [-0.39, 0.29) is 25.4 Å². The monoisotopic (exact) mass is 692 g/mol. The summed E-state index contributed by atoms with van der Waals surface area (Å²) in [5.74, 6) is -3.16. The van der Waals surface area contributed by atoms with E-state index in [4.69, 9.17) is 32.8 Å². The number of hydrogen-bond acceptors (Lipinski definition) is 11. The molecule has 1 aromatic carbocycles. The Hall–Kier alpha value is -3.96. The van der Waals surface area contributed by atoms with Crippen LogP contribution in [0.4, 0.5) is 0 Å². The van der Waals surface area contributed by atoms with Gasteiger partial charge in [-0.25, -0.2) is 4.79 Å². The first-order valence-corrected chi connectivity index (χ1v) is 17.3. The van der Waals surface area contributed by atoms with Gasteiger partial charge in [-0.15, -0.1) is 0 Å². The first-order valence-electron chi connectivity index (χ1n) is 17.3. The summed E-state index contributed by atoms with van der Waals surface area (Å²) in [7, 11) is 3.00. The fraction of sp³-hybridized carbons (Fsp3) is 0.590. The summed E-state index contributed by atoms with van der Waals surface area (Å²) in [5, 5.41) is 0. The predicted octanol–water partition coefficient (Wildman–Crippen LogP) is 5.82. The van der Waals surface area contributed by atoms with Crippen LogP contribution in [-0.4, -0.2) is 75.2 Å². The second kappa shape index (κ2) is 13.3. The Morgan fingerprint density at radius 1 is 0.900 bits per heavy atom. The minimum atomic E-state index is -1.12. The molecule has 1 aromatic heterocycles. The van der Waals surface area contributed by atoms with Crippen molar-refractivity contribution in [2.24, 2.45) is 28.1 Å². The van der Waals surface area contributed by atoms with E-state index in [0.29, 0.717) is 12.0 Å². The lowest BCUT2D eigenvalue weighted by Gasteiger charge is -2.66. The molecule has 50 heavy (non-hydrogen) atoms. The van der Waals surface area contributed by atoms with Crippen molar-refractivity contribution in [3.63, 3.8) is 0 Å². The van der Waals surface area contributed by atoms with E-state index in [9.17, 15) is 19.2 Å². The van der Waals surface area contributed by atoms with Gasteiger partial charge in [-0.1, -0.05) is 44.5 Å². The van der Waals surface area contributed by atoms with Crippen LogP contribution < -0.4 is 0 Å². The summed E-state index contributed by atoms with van der Waals surface area (Å²) in [6.45, 7) is 11.0. The number of rotatable bonds is 9. The van der Waals surface area contributed by atoms with Gasteiger partial charge in [0.15, 0.2) is 0 Å². The third-order valence-corrected chi connectivity index (χ3v) is 12.5.